The Hall–Kier alpha value is -2.16. The Labute approximate surface area is 220 Å². The van der Waals surface area contributed by atoms with E-state index in [2.05, 4.69) is 31.0 Å². The first-order valence-corrected chi connectivity index (χ1v) is 15.0. The maximum absolute atomic E-state index is 12.7. The number of pyridine rings is 1. The van der Waals surface area contributed by atoms with Crippen molar-refractivity contribution in [1.29, 1.82) is 0 Å². The van der Waals surface area contributed by atoms with Gasteiger partial charge in [0.2, 0.25) is 0 Å². The van der Waals surface area contributed by atoms with Crippen LogP contribution in [-0.4, -0.2) is 11.0 Å². The maximum Gasteiger partial charge on any atom is 0.314 e. The van der Waals surface area contributed by atoms with E-state index >= 15 is 0 Å². The van der Waals surface area contributed by atoms with E-state index in [1.54, 1.807) is 0 Å². The summed E-state index contributed by atoms with van der Waals surface area (Å²) in [6, 6.07) is 12.1. The van der Waals surface area contributed by atoms with Gasteiger partial charge >= 0.3 is 5.97 Å². The summed E-state index contributed by atoms with van der Waals surface area (Å²) in [5, 5.41) is 0. The van der Waals surface area contributed by atoms with Crippen molar-refractivity contribution in [2.24, 2.45) is 11.8 Å². The van der Waals surface area contributed by atoms with Gasteiger partial charge in [-0.1, -0.05) is 90.5 Å². The Morgan fingerprint density at radius 1 is 0.778 bits per heavy atom. The highest BCUT2D eigenvalue weighted by atomic mass is 16.5. The molecule has 3 heteroatoms. The molecule has 3 nitrogen and oxygen atoms in total. The van der Waals surface area contributed by atoms with Crippen LogP contribution in [0.15, 0.2) is 42.6 Å². The predicted octanol–water partition coefficient (Wildman–Crippen LogP) is 9.72. The second kappa shape index (κ2) is 16.6. The van der Waals surface area contributed by atoms with Crippen molar-refractivity contribution in [3.63, 3.8) is 0 Å². The molecule has 3 rings (SSSR count). The van der Waals surface area contributed by atoms with E-state index in [0.29, 0.717) is 5.75 Å². The van der Waals surface area contributed by atoms with Crippen molar-refractivity contribution < 1.29 is 9.53 Å². The molecule has 1 fully saturated rings. The van der Waals surface area contributed by atoms with Gasteiger partial charge in [-0.05, 0) is 80.3 Å². The summed E-state index contributed by atoms with van der Waals surface area (Å²) < 4.78 is 5.75. The zero-order valence-corrected chi connectivity index (χ0v) is 23.0. The lowest BCUT2D eigenvalue weighted by atomic mass is 9.80. The standard InChI is InChI=1S/C33H49NO2/c1-3-5-7-9-11-12-14-27-16-19-30(20-17-27)33(35)36-31-23-21-29(22-24-31)32-25-18-28(26-34-32)15-13-10-8-6-4-2/h18,21-27,30H,3-17,19-20H2,1-2H3. The molecule has 1 aromatic carbocycles. The smallest absolute Gasteiger partial charge is 0.314 e. The number of carbonyl (C=O) groups is 1. The molecular weight excluding hydrogens is 442 g/mol. The number of aromatic nitrogens is 1. The van der Waals surface area contributed by atoms with E-state index in [-0.39, 0.29) is 11.9 Å². The summed E-state index contributed by atoms with van der Waals surface area (Å²) in [7, 11) is 0. The number of rotatable bonds is 16. The summed E-state index contributed by atoms with van der Waals surface area (Å²) in [5.41, 5.74) is 3.33. The van der Waals surface area contributed by atoms with E-state index < -0.39 is 0 Å². The minimum absolute atomic E-state index is 0.0535. The lowest BCUT2D eigenvalue weighted by molar-refractivity contribution is -0.140. The van der Waals surface area contributed by atoms with Crippen LogP contribution in [0.5, 0.6) is 5.75 Å². The number of nitrogens with zero attached hydrogens (tertiary/aromatic N) is 1. The maximum atomic E-state index is 12.7. The van der Waals surface area contributed by atoms with E-state index in [1.165, 1.54) is 95.5 Å². The molecule has 2 aromatic rings. The highest BCUT2D eigenvalue weighted by Crippen LogP contribution is 2.33. The van der Waals surface area contributed by atoms with Crippen LogP contribution in [0.3, 0.4) is 0 Å². The molecule has 36 heavy (non-hydrogen) atoms. The molecule has 1 saturated carbocycles. The van der Waals surface area contributed by atoms with Crippen LogP contribution in [0.4, 0.5) is 0 Å². The van der Waals surface area contributed by atoms with E-state index in [1.807, 2.05) is 30.5 Å². The van der Waals surface area contributed by atoms with Crippen molar-refractivity contribution in [3.8, 4) is 17.0 Å². The van der Waals surface area contributed by atoms with Gasteiger partial charge in [0.05, 0.1) is 11.6 Å². The Morgan fingerprint density at radius 2 is 1.42 bits per heavy atom. The normalized spacial score (nSPS) is 17.7. The van der Waals surface area contributed by atoms with Crippen molar-refractivity contribution in [2.75, 3.05) is 0 Å². The number of hydrogen-bond acceptors (Lipinski definition) is 3. The van der Waals surface area contributed by atoms with Crippen molar-refractivity contribution in [3.05, 3.63) is 48.2 Å². The van der Waals surface area contributed by atoms with Crippen molar-refractivity contribution >= 4 is 5.97 Å². The minimum Gasteiger partial charge on any atom is -0.426 e. The molecule has 1 aromatic heterocycles. The number of unbranched alkanes of at least 4 members (excludes halogenated alkanes) is 9. The second-order valence-corrected chi connectivity index (χ2v) is 10.9. The highest BCUT2D eigenvalue weighted by Gasteiger charge is 2.27. The monoisotopic (exact) mass is 491 g/mol. The van der Waals surface area contributed by atoms with Gasteiger partial charge in [-0.25, -0.2) is 0 Å². The molecule has 0 unspecified atom stereocenters. The summed E-state index contributed by atoms with van der Waals surface area (Å²) in [4.78, 5) is 17.4. The predicted molar refractivity (Wildman–Crippen MR) is 151 cm³/mol. The van der Waals surface area contributed by atoms with Gasteiger partial charge in [0.15, 0.2) is 0 Å². The second-order valence-electron chi connectivity index (χ2n) is 10.9. The summed E-state index contributed by atoms with van der Waals surface area (Å²) in [5.74, 6) is 1.45. The number of ether oxygens (including phenoxy) is 1. The van der Waals surface area contributed by atoms with Gasteiger partial charge in [0, 0.05) is 11.8 Å². The third-order valence-corrected chi connectivity index (χ3v) is 7.91. The fourth-order valence-electron chi connectivity index (χ4n) is 5.47. The van der Waals surface area contributed by atoms with Crippen LogP contribution < -0.4 is 4.74 Å². The Morgan fingerprint density at radius 3 is 2.06 bits per heavy atom. The minimum atomic E-state index is -0.0535. The molecule has 0 spiro atoms. The van der Waals surface area contributed by atoms with Crippen molar-refractivity contribution in [2.45, 2.75) is 123 Å². The average molecular weight is 492 g/mol. The van der Waals surface area contributed by atoms with Gasteiger partial charge in [-0.3, -0.25) is 9.78 Å². The largest absolute Gasteiger partial charge is 0.426 e. The highest BCUT2D eigenvalue weighted by molar-refractivity contribution is 5.75. The zero-order chi connectivity index (χ0) is 25.4. The topological polar surface area (TPSA) is 39.2 Å². The van der Waals surface area contributed by atoms with Crippen molar-refractivity contribution in [1.82, 2.24) is 4.98 Å². The number of carbonyl (C=O) groups excluding carboxylic acids is 1. The molecule has 0 aliphatic heterocycles. The van der Waals surface area contributed by atoms with Gasteiger partial charge in [-0.2, -0.15) is 0 Å². The molecule has 1 heterocycles. The molecule has 198 valence electrons. The van der Waals surface area contributed by atoms with E-state index in [9.17, 15) is 4.79 Å². The quantitative estimate of drug-likeness (QED) is 0.133. The first kappa shape index (κ1) is 28.4. The SMILES string of the molecule is CCCCCCCCC1CCC(C(=O)Oc2ccc(-c3ccc(CCCCCCC)cn3)cc2)CC1. The number of aryl methyl sites for hydroxylation is 1. The van der Waals surface area contributed by atoms with Gasteiger partial charge < -0.3 is 4.74 Å². The van der Waals surface area contributed by atoms with Crippen LogP contribution in [0.25, 0.3) is 11.3 Å². The van der Waals surface area contributed by atoms with Gasteiger partial charge in [0.25, 0.3) is 0 Å². The third kappa shape index (κ3) is 10.1. The molecule has 0 radical (unpaired) electrons. The molecule has 1 aliphatic carbocycles. The lowest BCUT2D eigenvalue weighted by Gasteiger charge is -2.27. The number of hydrogen-bond donors (Lipinski definition) is 0. The summed E-state index contributed by atoms with van der Waals surface area (Å²) in [6.07, 6.45) is 23.4. The molecule has 0 bridgehead atoms. The Balaban J connectivity index is 1.36. The van der Waals surface area contributed by atoms with Crippen LogP contribution >= 0.6 is 0 Å². The van der Waals surface area contributed by atoms with Crippen LogP contribution in [0.1, 0.15) is 122 Å². The van der Waals surface area contributed by atoms with Crippen LogP contribution in [0.2, 0.25) is 0 Å². The first-order chi connectivity index (χ1) is 17.7. The number of benzene rings is 1. The van der Waals surface area contributed by atoms with Crippen LogP contribution in [-0.2, 0) is 11.2 Å². The summed E-state index contributed by atoms with van der Waals surface area (Å²) >= 11 is 0. The molecule has 1 aliphatic rings. The number of esters is 1. The van der Waals surface area contributed by atoms with E-state index in [4.69, 9.17) is 4.74 Å². The molecule has 0 amide bonds. The van der Waals surface area contributed by atoms with Gasteiger partial charge in [-0.15, -0.1) is 0 Å². The molecule has 0 N–H and O–H groups in total. The summed E-state index contributed by atoms with van der Waals surface area (Å²) in [6.45, 7) is 4.52. The Kier molecular flexibility index (Phi) is 13.1. The average Bonchev–Trinajstić information content (AvgIpc) is 2.92. The van der Waals surface area contributed by atoms with E-state index in [0.717, 1.165) is 36.4 Å². The lowest BCUT2D eigenvalue weighted by Crippen LogP contribution is -2.25. The molecule has 0 saturated heterocycles. The first-order valence-electron chi connectivity index (χ1n) is 15.0. The Bertz CT molecular complexity index is 850. The fraction of sp³-hybridized carbons (Fsp3) is 0.636. The van der Waals surface area contributed by atoms with Gasteiger partial charge in [0.1, 0.15) is 5.75 Å². The third-order valence-electron chi connectivity index (χ3n) is 7.91. The fourth-order valence-corrected chi connectivity index (χ4v) is 5.47. The molecular formula is C33H49NO2. The van der Waals surface area contributed by atoms with Crippen LogP contribution in [0, 0.1) is 11.8 Å². The molecule has 0 atom stereocenters. The zero-order valence-electron chi connectivity index (χ0n) is 23.0.